The Morgan fingerprint density at radius 1 is 0.778 bits per heavy atom. The predicted molar refractivity (Wildman–Crippen MR) is 78.7 cm³/mol. The van der Waals surface area contributed by atoms with Gasteiger partial charge in [0.25, 0.3) is 0 Å². The van der Waals surface area contributed by atoms with Crippen molar-refractivity contribution in [3.63, 3.8) is 0 Å². The van der Waals surface area contributed by atoms with Crippen LogP contribution in [0, 0.1) is 5.41 Å². The fourth-order valence-electron chi connectivity index (χ4n) is 2.53. The van der Waals surface area contributed by atoms with Crippen LogP contribution < -0.4 is 0 Å². The number of unbranched alkanes of at least 4 members (excludes halogenated alkanes) is 1. The standard InChI is InChI=1S/C16H34O2/c1-7-9-11-15(6,17)12-10-13-16(18,8-2)14(3,4)5/h17-18H,7-13H2,1-6H3. The Morgan fingerprint density at radius 3 is 1.67 bits per heavy atom. The van der Waals surface area contributed by atoms with Crippen molar-refractivity contribution in [1.29, 1.82) is 0 Å². The van der Waals surface area contributed by atoms with E-state index in [2.05, 4.69) is 27.7 Å². The topological polar surface area (TPSA) is 40.5 Å². The normalized spacial score (nSPS) is 19.3. The Kier molecular flexibility index (Phi) is 6.87. The highest BCUT2D eigenvalue weighted by Crippen LogP contribution is 2.38. The lowest BCUT2D eigenvalue weighted by atomic mass is 9.71. The first kappa shape index (κ1) is 17.9. The summed E-state index contributed by atoms with van der Waals surface area (Å²) in [6.07, 6.45) is 6.28. The third-order valence-corrected chi connectivity index (χ3v) is 4.36. The number of rotatable bonds is 8. The monoisotopic (exact) mass is 258 g/mol. The van der Waals surface area contributed by atoms with Crippen molar-refractivity contribution in [2.45, 2.75) is 97.7 Å². The molecule has 0 rings (SSSR count). The van der Waals surface area contributed by atoms with Gasteiger partial charge in [-0.2, -0.15) is 0 Å². The minimum Gasteiger partial charge on any atom is -0.390 e. The van der Waals surface area contributed by atoms with E-state index in [1.807, 2.05) is 13.8 Å². The maximum absolute atomic E-state index is 10.6. The summed E-state index contributed by atoms with van der Waals surface area (Å²) < 4.78 is 0. The van der Waals surface area contributed by atoms with Gasteiger partial charge in [0, 0.05) is 0 Å². The van der Waals surface area contributed by atoms with E-state index in [-0.39, 0.29) is 5.41 Å². The van der Waals surface area contributed by atoms with Gasteiger partial charge in [-0.25, -0.2) is 0 Å². The van der Waals surface area contributed by atoms with Crippen molar-refractivity contribution < 1.29 is 10.2 Å². The maximum Gasteiger partial charge on any atom is 0.0693 e. The molecule has 0 saturated heterocycles. The zero-order valence-corrected chi connectivity index (χ0v) is 13.3. The summed E-state index contributed by atoms with van der Waals surface area (Å²) in [7, 11) is 0. The van der Waals surface area contributed by atoms with Gasteiger partial charge in [0.05, 0.1) is 11.2 Å². The van der Waals surface area contributed by atoms with Gasteiger partial charge in [-0.05, 0) is 44.4 Å². The Labute approximate surface area is 114 Å². The van der Waals surface area contributed by atoms with E-state index >= 15 is 0 Å². The van der Waals surface area contributed by atoms with E-state index < -0.39 is 11.2 Å². The van der Waals surface area contributed by atoms with Gasteiger partial charge in [0.2, 0.25) is 0 Å². The molecule has 0 saturated carbocycles. The molecule has 0 aromatic rings. The van der Waals surface area contributed by atoms with Crippen LogP contribution >= 0.6 is 0 Å². The molecule has 0 aromatic heterocycles. The number of hydrogen-bond donors (Lipinski definition) is 2. The van der Waals surface area contributed by atoms with Crippen molar-refractivity contribution in [3.05, 3.63) is 0 Å². The third-order valence-electron chi connectivity index (χ3n) is 4.36. The van der Waals surface area contributed by atoms with Gasteiger partial charge >= 0.3 is 0 Å². The van der Waals surface area contributed by atoms with Crippen LogP contribution in [0.25, 0.3) is 0 Å². The summed E-state index contributed by atoms with van der Waals surface area (Å²) in [5.74, 6) is 0. The van der Waals surface area contributed by atoms with Gasteiger partial charge in [0.1, 0.15) is 0 Å². The maximum atomic E-state index is 10.6. The molecule has 2 N–H and O–H groups in total. The molecule has 0 aromatic carbocycles. The van der Waals surface area contributed by atoms with E-state index in [9.17, 15) is 10.2 Å². The van der Waals surface area contributed by atoms with Crippen molar-refractivity contribution in [1.82, 2.24) is 0 Å². The third kappa shape index (κ3) is 5.71. The largest absolute Gasteiger partial charge is 0.390 e. The summed E-state index contributed by atoms with van der Waals surface area (Å²) in [6.45, 7) is 12.4. The zero-order chi connectivity index (χ0) is 14.4. The lowest BCUT2D eigenvalue weighted by molar-refractivity contribution is -0.0732. The molecule has 0 aliphatic rings. The molecule has 0 heterocycles. The van der Waals surface area contributed by atoms with Crippen molar-refractivity contribution in [2.24, 2.45) is 5.41 Å². The molecule has 0 spiro atoms. The van der Waals surface area contributed by atoms with E-state index in [1.165, 1.54) is 0 Å². The van der Waals surface area contributed by atoms with Crippen molar-refractivity contribution in [3.8, 4) is 0 Å². The Bertz CT molecular complexity index is 228. The summed E-state index contributed by atoms with van der Waals surface area (Å²) in [6, 6.07) is 0. The molecule has 0 amide bonds. The van der Waals surface area contributed by atoms with Crippen LogP contribution in [0.2, 0.25) is 0 Å². The Hall–Kier alpha value is -0.0800. The smallest absolute Gasteiger partial charge is 0.0693 e. The molecule has 110 valence electrons. The first-order valence-corrected chi connectivity index (χ1v) is 7.53. The van der Waals surface area contributed by atoms with Gasteiger partial charge in [-0.15, -0.1) is 0 Å². The minimum absolute atomic E-state index is 0.100. The van der Waals surface area contributed by atoms with E-state index in [4.69, 9.17) is 0 Å². The van der Waals surface area contributed by atoms with Gasteiger partial charge in [-0.1, -0.05) is 47.5 Å². The predicted octanol–water partition coefficient (Wildman–Crippen LogP) is 4.29. The molecule has 0 aliphatic heterocycles. The Balaban J connectivity index is 4.24. The van der Waals surface area contributed by atoms with Crippen molar-refractivity contribution in [2.75, 3.05) is 0 Å². The molecule has 0 radical (unpaired) electrons. The zero-order valence-electron chi connectivity index (χ0n) is 13.3. The summed E-state index contributed by atoms with van der Waals surface area (Å²) in [5.41, 5.74) is -1.28. The summed E-state index contributed by atoms with van der Waals surface area (Å²) in [5, 5.41) is 20.9. The number of aliphatic hydroxyl groups is 2. The van der Waals surface area contributed by atoms with Crippen LogP contribution in [-0.4, -0.2) is 21.4 Å². The molecular formula is C16H34O2. The van der Waals surface area contributed by atoms with Crippen LogP contribution in [-0.2, 0) is 0 Å². The van der Waals surface area contributed by atoms with Crippen LogP contribution in [0.5, 0.6) is 0 Å². The lowest BCUT2D eigenvalue weighted by Gasteiger charge is -2.40. The van der Waals surface area contributed by atoms with Crippen molar-refractivity contribution >= 4 is 0 Å². The average Bonchev–Trinajstić information content (AvgIpc) is 2.24. The molecule has 0 bridgehead atoms. The molecule has 2 nitrogen and oxygen atoms in total. The first-order chi connectivity index (χ1) is 8.08. The van der Waals surface area contributed by atoms with Gasteiger partial charge in [0.15, 0.2) is 0 Å². The van der Waals surface area contributed by atoms with Crippen LogP contribution in [0.3, 0.4) is 0 Å². The summed E-state index contributed by atoms with van der Waals surface area (Å²) >= 11 is 0. The first-order valence-electron chi connectivity index (χ1n) is 7.53. The Morgan fingerprint density at radius 2 is 1.28 bits per heavy atom. The quantitative estimate of drug-likeness (QED) is 0.682. The van der Waals surface area contributed by atoms with Gasteiger partial charge < -0.3 is 10.2 Å². The van der Waals surface area contributed by atoms with E-state index in [0.29, 0.717) is 0 Å². The second kappa shape index (κ2) is 6.91. The van der Waals surface area contributed by atoms with Crippen LogP contribution in [0.4, 0.5) is 0 Å². The van der Waals surface area contributed by atoms with Crippen LogP contribution in [0.15, 0.2) is 0 Å². The van der Waals surface area contributed by atoms with Gasteiger partial charge in [-0.3, -0.25) is 0 Å². The molecular weight excluding hydrogens is 224 g/mol. The fraction of sp³-hybridized carbons (Fsp3) is 1.00. The summed E-state index contributed by atoms with van der Waals surface area (Å²) in [4.78, 5) is 0. The lowest BCUT2D eigenvalue weighted by Crippen LogP contribution is -2.42. The molecule has 2 heteroatoms. The fourth-order valence-corrected chi connectivity index (χ4v) is 2.53. The second-order valence-electron chi connectivity index (χ2n) is 7.09. The average molecular weight is 258 g/mol. The van der Waals surface area contributed by atoms with E-state index in [1.54, 1.807) is 0 Å². The van der Waals surface area contributed by atoms with E-state index in [0.717, 1.165) is 44.9 Å². The SMILES string of the molecule is CCCCC(C)(O)CCCC(O)(CC)C(C)(C)C. The van der Waals surface area contributed by atoms with Crippen LogP contribution in [0.1, 0.15) is 86.5 Å². The molecule has 2 unspecified atom stereocenters. The molecule has 2 atom stereocenters. The highest BCUT2D eigenvalue weighted by molar-refractivity contribution is 4.89. The molecule has 0 fully saturated rings. The number of hydrogen-bond acceptors (Lipinski definition) is 2. The molecule has 18 heavy (non-hydrogen) atoms. The highest BCUT2D eigenvalue weighted by atomic mass is 16.3. The minimum atomic E-state index is -0.617. The second-order valence-corrected chi connectivity index (χ2v) is 7.09. The highest BCUT2D eigenvalue weighted by Gasteiger charge is 2.38. The molecule has 0 aliphatic carbocycles.